The summed E-state index contributed by atoms with van der Waals surface area (Å²) in [5, 5.41) is 4.12. The second-order valence-electron chi connectivity index (χ2n) is 4.33. The number of benzene rings is 1. The minimum Gasteiger partial charge on any atom is -0.465 e. The summed E-state index contributed by atoms with van der Waals surface area (Å²) < 4.78 is 12.1. The van der Waals surface area contributed by atoms with Crippen LogP contribution >= 0.6 is 0 Å². The van der Waals surface area contributed by atoms with Crippen LogP contribution in [0.3, 0.4) is 0 Å². The second kappa shape index (κ2) is 5.64. The monoisotopic (exact) mass is 275 g/mol. The molecule has 2 aromatic rings. The number of nitrogens with two attached hydrogens (primary N) is 1. The lowest BCUT2D eigenvalue weighted by Gasteiger charge is -2.10. The highest BCUT2D eigenvalue weighted by atomic mass is 16.5. The lowest BCUT2D eigenvalue weighted by Crippen LogP contribution is -2.07. The Hall–Kier alpha value is -2.50. The van der Waals surface area contributed by atoms with Crippen LogP contribution in [-0.4, -0.2) is 22.9 Å². The average Bonchev–Trinajstić information content (AvgIpc) is 2.89. The van der Waals surface area contributed by atoms with Gasteiger partial charge in [-0.15, -0.1) is 0 Å². The van der Waals surface area contributed by atoms with Crippen molar-refractivity contribution in [3.8, 4) is 11.5 Å². The number of aromatic nitrogens is 2. The number of ether oxygens (including phenoxy) is 2. The highest BCUT2D eigenvalue weighted by Gasteiger charge is 2.14. The van der Waals surface area contributed by atoms with Gasteiger partial charge in [-0.3, -0.25) is 4.68 Å². The van der Waals surface area contributed by atoms with E-state index in [9.17, 15) is 4.79 Å². The van der Waals surface area contributed by atoms with Gasteiger partial charge in [-0.05, 0) is 31.5 Å². The molecular weight excluding hydrogens is 258 g/mol. The Labute approximate surface area is 117 Å². The minimum absolute atomic E-state index is 0.297. The molecule has 0 aliphatic carbocycles. The van der Waals surface area contributed by atoms with Gasteiger partial charge in [0.2, 0.25) is 0 Å². The number of esters is 1. The lowest BCUT2D eigenvalue weighted by molar-refractivity contribution is 0.0601. The molecule has 20 heavy (non-hydrogen) atoms. The van der Waals surface area contributed by atoms with Gasteiger partial charge >= 0.3 is 5.97 Å². The summed E-state index contributed by atoms with van der Waals surface area (Å²) in [5.74, 6) is 0.639. The third-order valence-electron chi connectivity index (χ3n) is 2.93. The summed E-state index contributed by atoms with van der Waals surface area (Å²) in [6.45, 7) is 4.56. The SMILES string of the molecule is CCn1cc(Oc2cc(C)c(N)c(C(=O)OC)c2)cn1. The predicted molar refractivity (Wildman–Crippen MR) is 74.9 cm³/mol. The Balaban J connectivity index is 2.32. The molecule has 0 radical (unpaired) electrons. The number of methoxy groups -OCH3 is 1. The molecule has 0 spiro atoms. The molecule has 1 aromatic heterocycles. The van der Waals surface area contributed by atoms with Gasteiger partial charge in [0, 0.05) is 12.2 Å². The summed E-state index contributed by atoms with van der Waals surface area (Å²) >= 11 is 0. The lowest BCUT2D eigenvalue weighted by atomic mass is 10.1. The molecule has 2 N–H and O–H groups in total. The van der Waals surface area contributed by atoms with E-state index in [4.69, 9.17) is 15.2 Å². The Bertz CT molecular complexity index is 635. The maximum Gasteiger partial charge on any atom is 0.340 e. The normalized spacial score (nSPS) is 10.3. The summed E-state index contributed by atoms with van der Waals surface area (Å²) in [4.78, 5) is 11.7. The zero-order valence-electron chi connectivity index (χ0n) is 11.7. The molecule has 2 rings (SSSR count). The molecule has 0 saturated carbocycles. The van der Waals surface area contributed by atoms with E-state index in [0.29, 0.717) is 22.7 Å². The maximum atomic E-state index is 11.7. The van der Waals surface area contributed by atoms with Crippen molar-refractivity contribution in [1.29, 1.82) is 0 Å². The third kappa shape index (κ3) is 2.74. The molecule has 6 nitrogen and oxygen atoms in total. The first-order chi connectivity index (χ1) is 9.55. The molecular formula is C14H17N3O3. The summed E-state index contributed by atoms with van der Waals surface area (Å²) in [5.41, 5.74) is 7.32. The van der Waals surface area contributed by atoms with Gasteiger partial charge in [0.15, 0.2) is 5.75 Å². The number of anilines is 1. The van der Waals surface area contributed by atoms with Crippen LogP contribution in [0.25, 0.3) is 0 Å². The van der Waals surface area contributed by atoms with Crippen molar-refractivity contribution in [2.75, 3.05) is 12.8 Å². The van der Waals surface area contributed by atoms with Crippen LogP contribution in [-0.2, 0) is 11.3 Å². The average molecular weight is 275 g/mol. The van der Waals surface area contributed by atoms with E-state index in [1.807, 2.05) is 13.8 Å². The van der Waals surface area contributed by atoms with Gasteiger partial charge in [-0.25, -0.2) is 4.79 Å². The van der Waals surface area contributed by atoms with Crippen LogP contribution in [0.5, 0.6) is 11.5 Å². The summed E-state index contributed by atoms with van der Waals surface area (Å²) in [6.07, 6.45) is 3.40. The number of carbonyl (C=O) groups is 1. The van der Waals surface area contributed by atoms with E-state index in [2.05, 4.69) is 5.10 Å². The van der Waals surface area contributed by atoms with E-state index < -0.39 is 5.97 Å². The number of rotatable bonds is 4. The number of carbonyl (C=O) groups excluding carboxylic acids is 1. The molecule has 1 aromatic carbocycles. The molecule has 0 unspecified atom stereocenters. The van der Waals surface area contributed by atoms with Crippen LogP contribution in [0, 0.1) is 6.92 Å². The van der Waals surface area contributed by atoms with Gasteiger partial charge in [-0.2, -0.15) is 5.10 Å². The third-order valence-corrected chi connectivity index (χ3v) is 2.93. The quantitative estimate of drug-likeness (QED) is 0.684. The largest absolute Gasteiger partial charge is 0.465 e. The zero-order chi connectivity index (χ0) is 14.7. The van der Waals surface area contributed by atoms with E-state index in [1.54, 1.807) is 29.2 Å². The van der Waals surface area contributed by atoms with Crippen LogP contribution in [0.1, 0.15) is 22.8 Å². The maximum absolute atomic E-state index is 11.7. The van der Waals surface area contributed by atoms with Gasteiger partial charge in [0.25, 0.3) is 0 Å². The molecule has 1 heterocycles. The van der Waals surface area contributed by atoms with E-state index in [-0.39, 0.29) is 0 Å². The first-order valence-corrected chi connectivity index (χ1v) is 6.24. The molecule has 0 aliphatic heterocycles. The molecule has 0 amide bonds. The Morgan fingerprint density at radius 2 is 2.15 bits per heavy atom. The summed E-state index contributed by atoms with van der Waals surface area (Å²) in [7, 11) is 1.32. The number of nitrogens with zero attached hydrogens (tertiary/aromatic N) is 2. The topological polar surface area (TPSA) is 79.4 Å². The molecule has 0 fully saturated rings. The van der Waals surface area contributed by atoms with Gasteiger partial charge in [-0.1, -0.05) is 0 Å². The van der Waals surface area contributed by atoms with Crippen LogP contribution < -0.4 is 10.5 Å². The Morgan fingerprint density at radius 1 is 1.40 bits per heavy atom. The van der Waals surface area contributed by atoms with Gasteiger partial charge in [0.05, 0.1) is 25.1 Å². The number of hydrogen-bond acceptors (Lipinski definition) is 5. The molecule has 106 valence electrons. The molecule has 0 aliphatic rings. The van der Waals surface area contributed by atoms with Crippen molar-refractivity contribution in [1.82, 2.24) is 9.78 Å². The fraction of sp³-hybridized carbons (Fsp3) is 0.286. The minimum atomic E-state index is -0.486. The van der Waals surface area contributed by atoms with Crippen molar-refractivity contribution >= 4 is 11.7 Å². The molecule has 6 heteroatoms. The van der Waals surface area contributed by atoms with Crippen molar-refractivity contribution in [3.05, 3.63) is 35.7 Å². The fourth-order valence-electron chi connectivity index (χ4n) is 1.81. The smallest absolute Gasteiger partial charge is 0.340 e. The van der Waals surface area contributed by atoms with E-state index in [1.165, 1.54) is 7.11 Å². The van der Waals surface area contributed by atoms with Gasteiger partial charge in [0.1, 0.15) is 5.75 Å². The van der Waals surface area contributed by atoms with Crippen LogP contribution in [0.15, 0.2) is 24.5 Å². The van der Waals surface area contributed by atoms with Crippen LogP contribution in [0.4, 0.5) is 5.69 Å². The van der Waals surface area contributed by atoms with Crippen molar-refractivity contribution in [2.24, 2.45) is 0 Å². The Morgan fingerprint density at radius 3 is 2.75 bits per heavy atom. The molecule has 0 atom stereocenters. The molecule has 0 saturated heterocycles. The zero-order valence-corrected chi connectivity index (χ0v) is 11.7. The second-order valence-corrected chi connectivity index (χ2v) is 4.33. The predicted octanol–water partition coefficient (Wildman–Crippen LogP) is 2.37. The van der Waals surface area contributed by atoms with Crippen LogP contribution in [0.2, 0.25) is 0 Å². The highest BCUT2D eigenvalue weighted by molar-refractivity contribution is 5.96. The van der Waals surface area contributed by atoms with Crippen molar-refractivity contribution < 1.29 is 14.3 Å². The summed E-state index contributed by atoms with van der Waals surface area (Å²) in [6, 6.07) is 3.34. The van der Waals surface area contributed by atoms with E-state index in [0.717, 1.165) is 12.1 Å². The van der Waals surface area contributed by atoms with Gasteiger partial charge < -0.3 is 15.2 Å². The number of hydrogen-bond donors (Lipinski definition) is 1. The standard InChI is InChI=1S/C14H17N3O3/c1-4-17-8-11(7-16-17)20-10-5-9(2)13(15)12(6-10)14(18)19-3/h5-8H,4,15H2,1-3H3. The van der Waals surface area contributed by atoms with E-state index >= 15 is 0 Å². The number of nitrogen functional groups attached to an aromatic ring is 1. The fourth-order valence-corrected chi connectivity index (χ4v) is 1.81. The first-order valence-electron chi connectivity index (χ1n) is 6.24. The Kier molecular flexibility index (Phi) is 3.93. The first kappa shape index (κ1) is 13.9. The number of aryl methyl sites for hydroxylation is 2. The van der Waals surface area contributed by atoms with Crippen molar-refractivity contribution in [2.45, 2.75) is 20.4 Å². The van der Waals surface area contributed by atoms with Crippen molar-refractivity contribution in [3.63, 3.8) is 0 Å². The highest BCUT2D eigenvalue weighted by Crippen LogP contribution is 2.28. The molecule has 0 bridgehead atoms.